The fraction of sp³-hybridized carbons (Fsp3) is 0.692. The lowest BCUT2D eigenvalue weighted by Gasteiger charge is -2.13. The van der Waals surface area contributed by atoms with E-state index in [4.69, 9.17) is 0 Å². The SMILES string of the molecule is CC(C)(C)c1ncc(C(=O)NCC2(CO)CC2)s1. The minimum absolute atomic E-state index is 0.0218. The molecule has 1 aromatic rings. The van der Waals surface area contributed by atoms with Crippen LogP contribution in [-0.4, -0.2) is 29.1 Å². The molecule has 1 aliphatic rings. The van der Waals surface area contributed by atoms with Crippen molar-refractivity contribution in [3.05, 3.63) is 16.1 Å². The van der Waals surface area contributed by atoms with Gasteiger partial charge in [-0.05, 0) is 12.8 Å². The van der Waals surface area contributed by atoms with Crippen LogP contribution in [0.1, 0.15) is 48.3 Å². The van der Waals surface area contributed by atoms with Crippen molar-refractivity contribution < 1.29 is 9.90 Å². The molecule has 4 nitrogen and oxygen atoms in total. The van der Waals surface area contributed by atoms with E-state index < -0.39 is 0 Å². The van der Waals surface area contributed by atoms with Crippen molar-refractivity contribution in [2.24, 2.45) is 5.41 Å². The molecule has 0 unspecified atom stereocenters. The smallest absolute Gasteiger partial charge is 0.263 e. The third kappa shape index (κ3) is 2.90. The van der Waals surface area contributed by atoms with Gasteiger partial charge in [0.05, 0.1) is 17.8 Å². The number of amides is 1. The number of rotatable bonds is 4. The summed E-state index contributed by atoms with van der Waals surface area (Å²) < 4.78 is 0. The van der Waals surface area contributed by atoms with E-state index in [0.717, 1.165) is 17.8 Å². The Labute approximate surface area is 111 Å². The van der Waals surface area contributed by atoms with Gasteiger partial charge in [-0.15, -0.1) is 11.3 Å². The molecule has 1 fully saturated rings. The molecule has 2 N–H and O–H groups in total. The average Bonchev–Trinajstić information content (AvgIpc) is 2.90. The van der Waals surface area contributed by atoms with Crippen LogP contribution in [0.4, 0.5) is 0 Å². The molecule has 100 valence electrons. The van der Waals surface area contributed by atoms with Gasteiger partial charge in [-0.2, -0.15) is 0 Å². The summed E-state index contributed by atoms with van der Waals surface area (Å²) in [4.78, 5) is 16.9. The molecule has 0 radical (unpaired) electrons. The fourth-order valence-corrected chi connectivity index (χ4v) is 2.54. The summed E-state index contributed by atoms with van der Waals surface area (Å²) >= 11 is 1.44. The van der Waals surface area contributed by atoms with Crippen LogP contribution in [0.25, 0.3) is 0 Å². The van der Waals surface area contributed by atoms with Gasteiger partial charge in [0.2, 0.25) is 0 Å². The molecule has 5 heteroatoms. The Hall–Kier alpha value is -0.940. The Bertz CT molecular complexity index is 444. The largest absolute Gasteiger partial charge is 0.396 e. The van der Waals surface area contributed by atoms with Gasteiger partial charge in [-0.1, -0.05) is 20.8 Å². The minimum atomic E-state index is -0.0808. The fourth-order valence-electron chi connectivity index (χ4n) is 1.65. The minimum Gasteiger partial charge on any atom is -0.396 e. The Morgan fingerprint density at radius 3 is 2.67 bits per heavy atom. The number of carbonyl (C=O) groups excluding carboxylic acids is 1. The lowest BCUT2D eigenvalue weighted by atomic mass is 9.98. The molecule has 0 saturated heterocycles. The van der Waals surface area contributed by atoms with Gasteiger partial charge in [0.15, 0.2) is 0 Å². The summed E-state index contributed by atoms with van der Waals surface area (Å²) in [6, 6.07) is 0. The van der Waals surface area contributed by atoms with E-state index in [1.807, 2.05) is 0 Å². The van der Waals surface area contributed by atoms with E-state index in [1.165, 1.54) is 11.3 Å². The number of hydrogen-bond donors (Lipinski definition) is 2. The van der Waals surface area contributed by atoms with Gasteiger partial charge >= 0.3 is 0 Å². The van der Waals surface area contributed by atoms with Crippen LogP contribution in [0.3, 0.4) is 0 Å². The van der Waals surface area contributed by atoms with Crippen LogP contribution in [0, 0.1) is 5.41 Å². The maximum absolute atomic E-state index is 12.0. The summed E-state index contributed by atoms with van der Waals surface area (Å²) in [5.74, 6) is -0.0808. The number of thiazole rings is 1. The van der Waals surface area contributed by atoms with E-state index in [9.17, 15) is 9.90 Å². The van der Waals surface area contributed by atoms with Crippen molar-refractivity contribution in [3.8, 4) is 0 Å². The molecule has 2 rings (SSSR count). The van der Waals surface area contributed by atoms with Gasteiger partial charge < -0.3 is 10.4 Å². The molecule has 1 amide bonds. The van der Waals surface area contributed by atoms with Crippen molar-refractivity contribution in [3.63, 3.8) is 0 Å². The van der Waals surface area contributed by atoms with Gasteiger partial charge in [0, 0.05) is 17.4 Å². The van der Waals surface area contributed by atoms with Crippen molar-refractivity contribution >= 4 is 17.2 Å². The molecule has 1 saturated carbocycles. The highest BCUT2D eigenvalue weighted by Crippen LogP contribution is 2.44. The summed E-state index contributed by atoms with van der Waals surface area (Å²) in [5, 5.41) is 13.0. The number of carbonyl (C=O) groups is 1. The maximum atomic E-state index is 12.0. The second-order valence-corrected chi connectivity index (χ2v) is 7.15. The highest BCUT2D eigenvalue weighted by Gasteiger charge is 2.42. The number of nitrogens with one attached hydrogen (secondary N) is 1. The quantitative estimate of drug-likeness (QED) is 0.877. The predicted octanol–water partition coefficient (Wildman–Crippen LogP) is 1.94. The number of aromatic nitrogens is 1. The van der Waals surface area contributed by atoms with E-state index >= 15 is 0 Å². The van der Waals surface area contributed by atoms with E-state index in [2.05, 4.69) is 31.1 Å². The monoisotopic (exact) mass is 268 g/mol. The molecule has 18 heavy (non-hydrogen) atoms. The van der Waals surface area contributed by atoms with Gasteiger partial charge in [-0.25, -0.2) is 4.98 Å². The molecule has 1 aliphatic carbocycles. The number of aliphatic hydroxyl groups is 1. The lowest BCUT2D eigenvalue weighted by Crippen LogP contribution is -2.31. The topological polar surface area (TPSA) is 62.2 Å². The Morgan fingerprint density at radius 1 is 1.56 bits per heavy atom. The third-order valence-corrected chi connectivity index (χ3v) is 4.71. The standard InChI is InChI=1S/C13H20N2O2S/c1-12(2,3)11-14-6-9(18-11)10(17)15-7-13(8-16)4-5-13/h6,16H,4-5,7-8H2,1-3H3,(H,15,17). The highest BCUT2D eigenvalue weighted by molar-refractivity contribution is 7.13. The second kappa shape index (κ2) is 4.63. The van der Waals surface area contributed by atoms with Crippen LogP contribution < -0.4 is 5.32 Å². The molecule has 0 aliphatic heterocycles. The normalized spacial score (nSPS) is 17.6. The molecule has 0 bridgehead atoms. The van der Waals surface area contributed by atoms with Gasteiger partial charge in [-0.3, -0.25) is 4.79 Å². The van der Waals surface area contributed by atoms with Crippen molar-refractivity contribution in [1.82, 2.24) is 10.3 Å². The zero-order chi connectivity index (χ0) is 13.4. The van der Waals surface area contributed by atoms with Crippen molar-refractivity contribution in [2.75, 3.05) is 13.2 Å². The van der Waals surface area contributed by atoms with Crippen LogP contribution in [0.15, 0.2) is 6.20 Å². The van der Waals surface area contributed by atoms with Gasteiger partial charge in [0.25, 0.3) is 5.91 Å². The first-order chi connectivity index (χ1) is 8.36. The number of nitrogens with zero attached hydrogens (tertiary/aromatic N) is 1. The van der Waals surface area contributed by atoms with Crippen LogP contribution in [0.2, 0.25) is 0 Å². The first-order valence-corrected chi connectivity index (χ1v) is 7.03. The molecule has 0 aromatic carbocycles. The average molecular weight is 268 g/mol. The highest BCUT2D eigenvalue weighted by atomic mass is 32.1. The Kier molecular flexibility index (Phi) is 3.47. The van der Waals surface area contributed by atoms with E-state index in [-0.39, 0.29) is 23.3 Å². The molecular formula is C13H20N2O2S. The van der Waals surface area contributed by atoms with Crippen molar-refractivity contribution in [2.45, 2.75) is 39.0 Å². The third-order valence-electron chi connectivity index (χ3n) is 3.29. The van der Waals surface area contributed by atoms with Crippen LogP contribution in [0.5, 0.6) is 0 Å². The van der Waals surface area contributed by atoms with E-state index in [0.29, 0.717) is 11.4 Å². The Morgan fingerprint density at radius 2 is 2.22 bits per heavy atom. The molecular weight excluding hydrogens is 248 g/mol. The lowest BCUT2D eigenvalue weighted by molar-refractivity contribution is 0.0939. The first kappa shape index (κ1) is 13.5. The zero-order valence-corrected chi connectivity index (χ0v) is 11.9. The second-order valence-electron chi connectivity index (χ2n) is 6.12. The molecule has 1 aromatic heterocycles. The summed E-state index contributed by atoms with van der Waals surface area (Å²) in [6.07, 6.45) is 3.64. The van der Waals surface area contributed by atoms with Crippen LogP contribution in [-0.2, 0) is 5.41 Å². The maximum Gasteiger partial charge on any atom is 0.263 e. The zero-order valence-electron chi connectivity index (χ0n) is 11.1. The van der Waals surface area contributed by atoms with Gasteiger partial charge in [0.1, 0.15) is 4.88 Å². The summed E-state index contributed by atoms with van der Waals surface area (Å²) in [5.41, 5.74) is -0.0702. The molecule has 0 atom stereocenters. The first-order valence-electron chi connectivity index (χ1n) is 6.22. The predicted molar refractivity (Wildman–Crippen MR) is 71.9 cm³/mol. The summed E-state index contributed by atoms with van der Waals surface area (Å²) in [7, 11) is 0. The Balaban J connectivity index is 1.95. The van der Waals surface area contributed by atoms with Crippen LogP contribution >= 0.6 is 11.3 Å². The van der Waals surface area contributed by atoms with Crippen molar-refractivity contribution in [1.29, 1.82) is 0 Å². The molecule has 0 spiro atoms. The number of aliphatic hydroxyl groups excluding tert-OH is 1. The summed E-state index contributed by atoms with van der Waals surface area (Å²) in [6.45, 7) is 6.96. The molecule has 1 heterocycles. The number of hydrogen-bond acceptors (Lipinski definition) is 4. The van der Waals surface area contributed by atoms with E-state index in [1.54, 1.807) is 6.20 Å².